The number of rotatable bonds is 8. The fourth-order valence-electron chi connectivity index (χ4n) is 6.60. The van der Waals surface area contributed by atoms with E-state index in [1.54, 1.807) is 24.3 Å². The Kier molecular flexibility index (Phi) is 9.69. The molecule has 0 amide bonds. The Labute approximate surface area is 230 Å². The Balaban J connectivity index is 0.000000448. The topological polar surface area (TPSA) is 120 Å². The summed E-state index contributed by atoms with van der Waals surface area (Å²) in [5.74, 6) is 1.12. The van der Waals surface area contributed by atoms with E-state index in [0.29, 0.717) is 11.3 Å². The number of aromatic carboxylic acids is 1. The number of ether oxygens (including phenoxy) is 1. The van der Waals surface area contributed by atoms with Crippen LogP contribution >= 0.6 is 11.8 Å². The largest absolute Gasteiger partial charge is 0.490 e. The van der Waals surface area contributed by atoms with Crippen LogP contribution in [0.25, 0.3) is 0 Å². The third-order valence-corrected chi connectivity index (χ3v) is 9.42. The number of halogens is 3. The van der Waals surface area contributed by atoms with Crippen LogP contribution in [0.15, 0.2) is 29.3 Å². The van der Waals surface area contributed by atoms with Crippen molar-refractivity contribution in [3.63, 3.8) is 0 Å². The molecule has 12 heteroatoms. The minimum Gasteiger partial charge on any atom is -0.478 e. The fourth-order valence-corrected chi connectivity index (χ4v) is 8.30. The Morgan fingerprint density at radius 2 is 1.64 bits per heavy atom. The van der Waals surface area contributed by atoms with E-state index < -0.39 is 18.1 Å². The Hall–Kier alpha value is -2.47. The molecule has 1 saturated heterocycles. The smallest absolute Gasteiger partial charge is 0.478 e. The predicted octanol–water partition coefficient (Wildman–Crippen LogP) is 5.26. The second-order valence-electron chi connectivity index (χ2n) is 11.0. The number of anilines is 1. The Morgan fingerprint density at radius 3 is 2.13 bits per heavy atom. The molecule has 1 unspecified atom stereocenters. The molecule has 1 heterocycles. The van der Waals surface area contributed by atoms with Gasteiger partial charge < -0.3 is 25.6 Å². The van der Waals surface area contributed by atoms with E-state index in [1.807, 2.05) is 0 Å². The van der Waals surface area contributed by atoms with Crippen molar-refractivity contribution in [2.24, 2.45) is 22.7 Å². The van der Waals surface area contributed by atoms with Crippen molar-refractivity contribution in [2.45, 2.75) is 68.4 Å². The van der Waals surface area contributed by atoms with Crippen LogP contribution in [0.1, 0.15) is 61.7 Å². The number of nitrogens with one attached hydrogen (secondary N) is 2. The van der Waals surface area contributed by atoms with Crippen LogP contribution in [0, 0.1) is 17.8 Å². The molecule has 1 atom stereocenters. The zero-order valence-electron chi connectivity index (χ0n) is 21.7. The number of alkyl halides is 3. The molecule has 4 saturated carbocycles. The first-order valence-electron chi connectivity index (χ1n) is 13.5. The number of nitrogens with zero attached hydrogens (tertiary/aromatic N) is 1. The number of hydrogen-bond acceptors (Lipinski definition) is 5. The lowest BCUT2D eigenvalue weighted by atomic mass is 9.56. The lowest BCUT2D eigenvalue weighted by molar-refractivity contribution is -0.192. The van der Waals surface area contributed by atoms with Gasteiger partial charge in [0.15, 0.2) is 5.96 Å². The van der Waals surface area contributed by atoms with Crippen molar-refractivity contribution in [1.82, 2.24) is 5.32 Å². The molecule has 4 aliphatic carbocycles. The highest BCUT2D eigenvalue weighted by Gasteiger charge is 2.50. The highest BCUT2D eigenvalue weighted by Crippen LogP contribution is 2.60. The summed E-state index contributed by atoms with van der Waals surface area (Å²) in [5.41, 5.74) is 1.12. The summed E-state index contributed by atoms with van der Waals surface area (Å²) >= 11 is 2.20. The van der Waals surface area contributed by atoms with Gasteiger partial charge in [0, 0.05) is 29.3 Å². The minimum absolute atomic E-state index is 0.199. The average molecular weight is 572 g/mol. The van der Waals surface area contributed by atoms with E-state index >= 15 is 0 Å². The molecular formula is C27H36F3N3O5S. The van der Waals surface area contributed by atoms with E-state index in [-0.39, 0.29) is 11.7 Å². The van der Waals surface area contributed by atoms with E-state index in [4.69, 9.17) is 24.7 Å². The van der Waals surface area contributed by atoms with Crippen molar-refractivity contribution < 1.29 is 37.7 Å². The van der Waals surface area contributed by atoms with Gasteiger partial charge in [0.25, 0.3) is 0 Å². The third kappa shape index (κ3) is 8.51. The molecule has 4 N–H and O–H groups in total. The van der Waals surface area contributed by atoms with Crippen molar-refractivity contribution >= 4 is 35.3 Å². The van der Waals surface area contributed by atoms with E-state index in [2.05, 4.69) is 22.4 Å². The highest BCUT2D eigenvalue weighted by atomic mass is 32.2. The van der Waals surface area contributed by atoms with Gasteiger partial charge in [-0.1, -0.05) is 0 Å². The van der Waals surface area contributed by atoms with Crippen molar-refractivity contribution in [2.75, 3.05) is 30.8 Å². The fraction of sp³-hybridized carbons (Fsp3) is 0.667. The molecule has 0 radical (unpaired) electrons. The van der Waals surface area contributed by atoms with Gasteiger partial charge in [-0.2, -0.15) is 24.9 Å². The van der Waals surface area contributed by atoms with Crippen LogP contribution in [0.2, 0.25) is 0 Å². The van der Waals surface area contributed by atoms with Crippen molar-refractivity contribution in [1.29, 1.82) is 0 Å². The van der Waals surface area contributed by atoms with Crippen molar-refractivity contribution in [3.8, 4) is 0 Å². The number of aliphatic imine (C=N–C) groups is 1. The maximum atomic E-state index is 11.1. The van der Waals surface area contributed by atoms with Gasteiger partial charge in [-0.15, -0.1) is 0 Å². The zero-order valence-corrected chi connectivity index (χ0v) is 22.5. The zero-order chi connectivity index (χ0) is 28.0. The first-order chi connectivity index (χ1) is 18.5. The SMILES string of the molecule is O=C(O)C(F)(F)F.O=C(O)c1ccc(NC(=NCC2CCCO2)NCCSC23CC4CC(CC(C4)C2)C3)cc1. The summed E-state index contributed by atoms with van der Waals surface area (Å²) in [6.07, 6.45) is 6.03. The number of benzene rings is 1. The molecule has 5 fully saturated rings. The second kappa shape index (κ2) is 12.8. The number of thioether (sulfide) groups is 1. The molecule has 5 aliphatic rings. The van der Waals surface area contributed by atoms with Crippen LogP contribution in [0.5, 0.6) is 0 Å². The first kappa shape index (κ1) is 29.5. The van der Waals surface area contributed by atoms with Crippen LogP contribution in [-0.4, -0.2) is 70.6 Å². The maximum Gasteiger partial charge on any atom is 0.490 e. The molecule has 1 aliphatic heterocycles. The van der Waals surface area contributed by atoms with E-state index in [1.165, 1.54) is 38.5 Å². The molecule has 39 heavy (non-hydrogen) atoms. The predicted molar refractivity (Wildman–Crippen MR) is 143 cm³/mol. The van der Waals surface area contributed by atoms with Gasteiger partial charge in [0.1, 0.15) is 0 Å². The number of guanidine groups is 1. The molecule has 216 valence electrons. The van der Waals surface area contributed by atoms with Crippen LogP contribution in [0.4, 0.5) is 18.9 Å². The van der Waals surface area contributed by atoms with Crippen molar-refractivity contribution in [3.05, 3.63) is 29.8 Å². The summed E-state index contributed by atoms with van der Waals surface area (Å²) in [5, 5.41) is 23.1. The summed E-state index contributed by atoms with van der Waals surface area (Å²) in [6.45, 7) is 2.34. The van der Waals surface area contributed by atoms with E-state index in [0.717, 1.165) is 61.1 Å². The number of carboxylic acids is 2. The highest BCUT2D eigenvalue weighted by molar-refractivity contribution is 8.00. The normalized spacial score (nSPS) is 29.5. The third-order valence-electron chi connectivity index (χ3n) is 7.90. The molecule has 1 aromatic rings. The summed E-state index contributed by atoms with van der Waals surface area (Å²) < 4.78 is 38.0. The second-order valence-corrected chi connectivity index (χ2v) is 12.6. The van der Waals surface area contributed by atoms with Gasteiger partial charge in [-0.3, -0.25) is 4.99 Å². The molecule has 1 aromatic carbocycles. The monoisotopic (exact) mass is 571 g/mol. The van der Waals surface area contributed by atoms with Crippen LogP contribution < -0.4 is 10.6 Å². The van der Waals surface area contributed by atoms with Crippen LogP contribution in [0.3, 0.4) is 0 Å². The lowest BCUT2D eigenvalue weighted by Gasteiger charge is -2.56. The Morgan fingerprint density at radius 1 is 1.05 bits per heavy atom. The van der Waals surface area contributed by atoms with Crippen LogP contribution in [-0.2, 0) is 9.53 Å². The number of carboxylic acid groups (broad SMARTS) is 2. The lowest BCUT2D eigenvalue weighted by Crippen LogP contribution is -2.49. The number of aliphatic carboxylic acids is 1. The van der Waals surface area contributed by atoms with E-state index in [9.17, 15) is 18.0 Å². The molecule has 4 bridgehead atoms. The van der Waals surface area contributed by atoms with Gasteiger partial charge in [0.2, 0.25) is 0 Å². The van der Waals surface area contributed by atoms with Gasteiger partial charge in [-0.05, 0) is 93.4 Å². The quantitative estimate of drug-likeness (QED) is 0.190. The van der Waals surface area contributed by atoms with Gasteiger partial charge in [-0.25, -0.2) is 9.59 Å². The number of carbonyl (C=O) groups is 2. The average Bonchev–Trinajstić information content (AvgIpc) is 3.38. The standard InChI is InChI=1S/C25H35N3O3S.C2HF3O2/c29-23(30)20-3-5-21(6-4-20)28-24(27-16-22-2-1-8-31-22)26-7-9-32-25-13-17-10-18(14-25)12-19(11-17)15-25;3-2(4,5)1(6)7/h3-6,17-19,22H,1-2,7-16H2,(H,29,30)(H2,26,27,28);(H,6,7). The molecule has 0 spiro atoms. The summed E-state index contributed by atoms with van der Waals surface area (Å²) in [4.78, 5) is 24.8. The molecule has 6 rings (SSSR count). The molecule has 0 aromatic heterocycles. The maximum absolute atomic E-state index is 11.1. The minimum atomic E-state index is -5.08. The summed E-state index contributed by atoms with van der Waals surface area (Å²) in [7, 11) is 0. The van der Waals surface area contributed by atoms with Gasteiger partial charge >= 0.3 is 18.1 Å². The summed E-state index contributed by atoms with van der Waals surface area (Å²) in [6, 6.07) is 6.81. The Bertz CT molecular complexity index is 993. The first-order valence-corrected chi connectivity index (χ1v) is 14.4. The number of hydrogen-bond donors (Lipinski definition) is 4. The molecular weight excluding hydrogens is 535 g/mol. The molecule has 8 nitrogen and oxygen atoms in total. The van der Waals surface area contributed by atoms with Gasteiger partial charge in [0.05, 0.1) is 18.2 Å².